The molecule has 47 heavy (non-hydrogen) atoms. The van der Waals surface area contributed by atoms with Crippen LogP contribution in [0.25, 0.3) is 28.3 Å². The van der Waals surface area contributed by atoms with E-state index in [4.69, 9.17) is 19.4 Å². The minimum Gasteiger partial charge on any atom is -0.493 e. The Kier molecular flexibility index (Phi) is 9.02. The Morgan fingerprint density at radius 1 is 0.957 bits per heavy atom. The molecule has 0 saturated heterocycles. The Labute approximate surface area is 269 Å². The Morgan fingerprint density at radius 2 is 1.79 bits per heavy atom. The molecular formula is C35H31F2N7O3. The van der Waals surface area contributed by atoms with Gasteiger partial charge in [-0.1, -0.05) is 24.3 Å². The van der Waals surface area contributed by atoms with Crippen molar-refractivity contribution in [2.45, 2.75) is 0 Å². The van der Waals surface area contributed by atoms with Crippen LogP contribution < -0.4 is 20.1 Å². The maximum Gasteiger partial charge on any atom is 0.255 e. The van der Waals surface area contributed by atoms with Gasteiger partial charge in [0.1, 0.15) is 12.4 Å². The fourth-order valence-electron chi connectivity index (χ4n) is 4.94. The number of amides is 1. The van der Waals surface area contributed by atoms with Crippen LogP contribution in [0.4, 0.5) is 26.1 Å². The summed E-state index contributed by atoms with van der Waals surface area (Å²) in [5, 5.41) is 5.70. The number of imidazole rings is 1. The topological polar surface area (TPSA) is 106 Å². The number of halogens is 2. The molecule has 0 saturated carbocycles. The van der Waals surface area contributed by atoms with E-state index >= 15 is 0 Å². The number of methoxy groups -OCH3 is 1. The van der Waals surface area contributed by atoms with Crippen molar-refractivity contribution in [3.8, 4) is 34.1 Å². The van der Waals surface area contributed by atoms with Crippen LogP contribution in [0.15, 0.2) is 97.3 Å². The average molecular weight is 636 g/mol. The van der Waals surface area contributed by atoms with E-state index in [0.717, 1.165) is 18.3 Å². The molecule has 0 aliphatic rings. The number of benzene rings is 3. The summed E-state index contributed by atoms with van der Waals surface area (Å²) < 4.78 is 41.4. The zero-order valence-electron chi connectivity index (χ0n) is 25.9. The van der Waals surface area contributed by atoms with Gasteiger partial charge in [0.15, 0.2) is 23.0 Å². The van der Waals surface area contributed by atoms with Gasteiger partial charge in [-0.15, -0.1) is 0 Å². The van der Waals surface area contributed by atoms with E-state index in [-0.39, 0.29) is 11.3 Å². The molecule has 0 bridgehead atoms. The zero-order valence-corrected chi connectivity index (χ0v) is 25.9. The van der Waals surface area contributed by atoms with E-state index in [0.29, 0.717) is 52.3 Å². The first-order chi connectivity index (χ1) is 22.8. The predicted octanol–water partition coefficient (Wildman–Crippen LogP) is 6.68. The van der Waals surface area contributed by atoms with Gasteiger partial charge >= 0.3 is 0 Å². The van der Waals surface area contributed by atoms with E-state index in [1.54, 1.807) is 49.7 Å². The molecule has 238 valence electrons. The Morgan fingerprint density at radius 3 is 2.62 bits per heavy atom. The van der Waals surface area contributed by atoms with E-state index in [9.17, 15) is 13.6 Å². The molecule has 6 rings (SSSR count). The van der Waals surface area contributed by atoms with E-state index in [2.05, 4.69) is 15.6 Å². The molecular weight excluding hydrogens is 604 g/mol. The number of pyridine rings is 1. The predicted molar refractivity (Wildman–Crippen MR) is 176 cm³/mol. The number of aromatic nitrogens is 4. The van der Waals surface area contributed by atoms with Crippen molar-refractivity contribution in [1.82, 2.24) is 24.3 Å². The van der Waals surface area contributed by atoms with Crippen LogP contribution in [-0.2, 0) is 0 Å². The number of anilines is 3. The quantitative estimate of drug-likeness (QED) is 0.162. The van der Waals surface area contributed by atoms with Gasteiger partial charge in [-0.2, -0.15) is 0 Å². The molecule has 10 nitrogen and oxygen atoms in total. The summed E-state index contributed by atoms with van der Waals surface area (Å²) in [6, 6.07) is 23.3. The summed E-state index contributed by atoms with van der Waals surface area (Å²) in [5.74, 6) is -1.20. The number of nitrogens with zero attached hydrogens (tertiary/aromatic N) is 5. The normalized spacial score (nSPS) is 11.1. The van der Waals surface area contributed by atoms with Gasteiger partial charge in [0.2, 0.25) is 5.95 Å². The smallest absolute Gasteiger partial charge is 0.255 e. The molecule has 0 aliphatic heterocycles. The molecule has 3 aromatic heterocycles. The van der Waals surface area contributed by atoms with Crippen molar-refractivity contribution in [1.29, 1.82) is 0 Å². The summed E-state index contributed by atoms with van der Waals surface area (Å²) >= 11 is 0. The van der Waals surface area contributed by atoms with Crippen LogP contribution in [0.3, 0.4) is 0 Å². The van der Waals surface area contributed by atoms with Crippen LogP contribution >= 0.6 is 0 Å². The zero-order chi connectivity index (χ0) is 32.9. The largest absolute Gasteiger partial charge is 0.493 e. The van der Waals surface area contributed by atoms with Crippen LogP contribution in [0.1, 0.15) is 10.4 Å². The van der Waals surface area contributed by atoms with Crippen LogP contribution in [0.2, 0.25) is 0 Å². The lowest BCUT2D eigenvalue weighted by Gasteiger charge is -2.12. The summed E-state index contributed by atoms with van der Waals surface area (Å²) in [6.45, 7) is 1.34. The van der Waals surface area contributed by atoms with E-state index in [1.165, 1.54) is 12.1 Å². The SMILES string of the molecule is COc1cccn2c(-c3ccnc(Nc4cccc(OCCN(C)C)c4)n3)c(-c3cccc(C(=O)Nc4cccc(F)c4F)c3)nc12. The number of likely N-dealkylation sites (N-methyl/N-ethyl adjacent to an activating group) is 1. The van der Waals surface area contributed by atoms with Crippen molar-refractivity contribution in [2.24, 2.45) is 0 Å². The van der Waals surface area contributed by atoms with E-state index < -0.39 is 17.5 Å². The highest BCUT2D eigenvalue weighted by atomic mass is 19.2. The molecule has 0 spiro atoms. The third kappa shape index (κ3) is 6.87. The molecule has 1 amide bonds. The highest BCUT2D eigenvalue weighted by molar-refractivity contribution is 6.05. The lowest BCUT2D eigenvalue weighted by atomic mass is 10.0. The molecule has 12 heteroatoms. The van der Waals surface area contributed by atoms with Crippen molar-refractivity contribution >= 4 is 28.9 Å². The number of carbonyl (C=O) groups excluding carboxylic acids is 1. The first kappa shape index (κ1) is 31.1. The van der Waals surface area contributed by atoms with Gasteiger partial charge < -0.3 is 25.0 Å². The number of hydrogen-bond donors (Lipinski definition) is 2. The fraction of sp³-hybridized carbons (Fsp3) is 0.143. The van der Waals surface area contributed by atoms with Crippen molar-refractivity contribution in [3.63, 3.8) is 0 Å². The van der Waals surface area contributed by atoms with Gasteiger partial charge in [-0.05, 0) is 68.7 Å². The number of nitrogens with one attached hydrogen (secondary N) is 2. The minimum atomic E-state index is -1.14. The highest BCUT2D eigenvalue weighted by Gasteiger charge is 2.21. The van der Waals surface area contributed by atoms with Crippen LogP contribution in [-0.4, -0.2) is 64.5 Å². The molecule has 0 fully saturated rings. The molecule has 0 radical (unpaired) electrons. The van der Waals surface area contributed by atoms with Crippen molar-refractivity contribution in [3.05, 3.63) is 115 Å². The molecule has 0 atom stereocenters. The highest BCUT2D eigenvalue weighted by Crippen LogP contribution is 2.35. The molecule has 3 heterocycles. The number of hydrogen-bond acceptors (Lipinski definition) is 8. The van der Waals surface area contributed by atoms with Gasteiger partial charge in [0.05, 0.1) is 29.9 Å². The lowest BCUT2D eigenvalue weighted by Crippen LogP contribution is -2.19. The van der Waals surface area contributed by atoms with Gasteiger partial charge in [0, 0.05) is 41.8 Å². The molecule has 0 unspecified atom stereocenters. The van der Waals surface area contributed by atoms with Gasteiger partial charge in [-0.3, -0.25) is 9.20 Å². The number of rotatable bonds is 11. The Bertz CT molecular complexity index is 2070. The fourth-order valence-corrected chi connectivity index (χ4v) is 4.94. The summed E-state index contributed by atoms with van der Waals surface area (Å²) in [7, 11) is 5.54. The van der Waals surface area contributed by atoms with E-state index in [1.807, 2.05) is 59.9 Å². The van der Waals surface area contributed by atoms with Crippen molar-refractivity contribution < 1.29 is 23.0 Å². The second-order valence-electron chi connectivity index (χ2n) is 10.8. The third-order valence-corrected chi connectivity index (χ3v) is 7.23. The maximum atomic E-state index is 14.3. The molecule has 2 N–H and O–H groups in total. The standard InChI is InChI=1S/C35H31F2N7O3/c1-43(2)18-19-47-25-11-5-10-24(21-25)39-35-38-16-15-28(41-35)32-31(42-33-29(46-3)14-7-17-44(32)33)22-8-4-9-23(20-22)34(45)40-27-13-6-12-26(36)30(27)37/h4-17,20-21H,18-19H2,1-3H3,(H,40,45)(H,38,39,41). The average Bonchev–Trinajstić information content (AvgIpc) is 3.47. The first-order valence-corrected chi connectivity index (χ1v) is 14.7. The summed E-state index contributed by atoms with van der Waals surface area (Å²) in [4.78, 5) is 29.3. The van der Waals surface area contributed by atoms with Crippen LogP contribution in [0, 0.1) is 11.6 Å². The Hall–Kier alpha value is -5.88. The summed E-state index contributed by atoms with van der Waals surface area (Å²) in [6.07, 6.45) is 3.49. The molecule has 3 aromatic carbocycles. The number of ether oxygens (including phenoxy) is 2. The second kappa shape index (κ2) is 13.6. The lowest BCUT2D eigenvalue weighted by molar-refractivity contribution is 0.102. The molecule has 0 aliphatic carbocycles. The maximum absolute atomic E-state index is 14.3. The minimum absolute atomic E-state index is 0.221. The van der Waals surface area contributed by atoms with Gasteiger partial charge in [0.25, 0.3) is 5.91 Å². The monoisotopic (exact) mass is 635 g/mol. The second-order valence-corrected chi connectivity index (χ2v) is 10.8. The number of carbonyl (C=O) groups is 1. The third-order valence-electron chi connectivity index (χ3n) is 7.23. The van der Waals surface area contributed by atoms with Crippen LogP contribution in [0.5, 0.6) is 11.5 Å². The molecule has 6 aromatic rings. The summed E-state index contributed by atoms with van der Waals surface area (Å²) in [5.41, 5.74) is 3.53. The van der Waals surface area contributed by atoms with Gasteiger partial charge in [-0.25, -0.2) is 23.7 Å². The Balaban J connectivity index is 1.36. The number of fused-ring (bicyclic) bond motifs is 1. The van der Waals surface area contributed by atoms with Crippen molar-refractivity contribution in [2.75, 3.05) is 45.0 Å². The first-order valence-electron chi connectivity index (χ1n) is 14.7.